The molecule has 0 amide bonds. The van der Waals surface area contributed by atoms with E-state index in [4.69, 9.17) is 42.6 Å². The molecule has 0 spiro atoms. The Bertz CT molecular complexity index is 1560. The summed E-state index contributed by atoms with van der Waals surface area (Å²) >= 11 is 0. The van der Waals surface area contributed by atoms with Crippen molar-refractivity contribution in [2.75, 3.05) is 67.6 Å². The molecule has 0 aromatic heterocycles. The van der Waals surface area contributed by atoms with Crippen molar-refractivity contribution in [1.29, 1.82) is 0 Å². The Morgan fingerprint density at radius 1 is 0.463 bits per heavy atom. The van der Waals surface area contributed by atoms with Crippen molar-refractivity contribution in [3.05, 3.63) is 109 Å². The number of hydrogen-bond donors (Lipinski definition) is 0. The molecule has 0 saturated carbocycles. The van der Waals surface area contributed by atoms with E-state index in [1.807, 2.05) is 0 Å². The summed E-state index contributed by atoms with van der Waals surface area (Å²) < 4.78 is 49.5. The standard InChI is InChI=1S/C42H50O12/c1-30(40(43)46-4)33-10-16-36(17-11-33)50-24-7-23-49-29-22-39(53-27-8-25-51-37-18-12-34(13-19-37)31(2)41(44)47-5)54-28-9-26-52-38-20-14-35(15-21-38)32(3)42(45)48-6/h10-21,39H,1-3,7-9,22-29H2,4-6H3. The third kappa shape index (κ3) is 14.9. The predicted molar refractivity (Wildman–Crippen MR) is 204 cm³/mol. The average Bonchev–Trinajstić information content (AvgIpc) is 3.21. The van der Waals surface area contributed by atoms with Crippen LogP contribution >= 0.6 is 0 Å². The Kier molecular flexibility index (Phi) is 19.1. The number of benzene rings is 3. The molecular formula is C42H50O12. The maximum atomic E-state index is 11.7. The fourth-order valence-corrected chi connectivity index (χ4v) is 4.76. The number of rotatable bonds is 26. The Balaban J connectivity index is 1.39. The van der Waals surface area contributed by atoms with Crippen molar-refractivity contribution in [2.45, 2.75) is 32.0 Å². The second-order valence-corrected chi connectivity index (χ2v) is 11.7. The van der Waals surface area contributed by atoms with Crippen molar-refractivity contribution in [3.8, 4) is 17.2 Å². The molecule has 0 saturated heterocycles. The smallest absolute Gasteiger partial charge is 0.337 e. The second kappa shape index (κ2) is 24.0. The van der Waals surface area contributed by atoms with Crippen LogP contribution in [0.1, 0.15) is 42.4 Å². The van der Waals surface area contributed by atoms with Crippen molar-refractivity contribution < 1.29 is 57.0 Å². The van der Waals surface area contributed by atoms with Crippen molar-refractivity contribution in [1.82, 2.24) is 0 Å². The minimum atomic E-state index is -0.494. The first kappa shape index (κ1) is 43.0. The zero-order valence-corrected chi connectivity index (χ0v) is 31.3. The Hall–Kier alpha value is -5.43. The van der Waals surface area contributed by atoms with Crippen LogP contribution in [0, 0.1) is 0 Å². The number of methoxy groups -OCH3 is 3. The zero-order valence-electron chi connectivity index (χ0n) is 31.3. The van der Waals surface area contributed by atoms with Crippen LogP contribution in [0.4, 0.5) is 0 Å². The predicted octanol–water partition coefficient (Wildman–Crippen LogP) is 6.72. The first-order valence-electron chi connectivity index (χ1n) is 17.5. The van der Waals surface area contributed by atoms with Crippen LogP contribution in [0.25, 0.3) is 16.7 Å². The van der Waals surface area contributed by atoms with Gasteiger partial charge in [0.25, 0.3) is 0 Å². The van der Waals surface area contributed by atoms with Gasteiger partial charge in [-0.05, 0) is 53.1 Å². The highest BCUT2D eigenvalue weighted by Gasteiger charge is 2.13. The minimum absolute atomic E-state index is 0.276. The Labute approximate surface area is 317 Å². The highest BCUT2D eigenvalue weighted by atomic mass is 16.7. The highest BCUT2D eigenvalue weighted by Crippen LogP contribution is 2.21. The molecule has 3 aromatic rings. The van der Waals surface area contributed by atoms with Gasteiger partial charge in [0.1, 0.15) is 17.2 Å². The van der Waals surface area contributed by atoms with E-state index in [2.05, 4.69) is 19.7 Å². The van der Waals surface area contributed by atoms with Gasteiger partial charge in [-0.25, -0.2) is 14.4 Å². The second-order valence-electron chi connectivity index (χ2n) is 11.7. The Morgan fingerprint density at radius 3 is 1.09 bits per heavy atom. The molecule has 3 aromatic carbocycles. The number of carbonyl (C=O) groups is 3. The summed E-state index contributed by atoms with van der Waals surface area (Å²) in [5.74, 6) is 0.552. The van der Waals surface area contributed by atoms with Crippen molar-refractivity contribution >= 4 is 34.6 Å². The van der Waals surface area contributed by atoms with Gasteiger partial charge in [0.05, 0.1) is 77.7 Å². The van der Waals surface area contributed by atoms with Gasteiger partial charge < -0.3 is 42.6 Å². The van der Waals surface area contributed by atoms with Gasteiger partial charge in [-0.15, -0.1) is 0 Å². The SMILES string of the molecule is C=C(C(=O)OC)c1ccc(OCCCOCCC(OCCCOc2ccc(C(=C)C(=O)OC)cc2)OCCCOc2ccc(C(=C)C(=O)OC)cc2)cc1. The molecule has 3 rings (SSSR count). The number of esters is 3. The van der Waals surface area contributed by atoms with Crippen LogP contribution in [0.3, 0.4) is 0 Å². The molecular weight excluding hydrogens is 696 g/mol. The first-order valence-corrected chi connectivity index (χ1v) is 17.5. The normalized spacial score (nSPS) is 10.7. The molecule has 0 heterocycles. The maximum Gasteiger partial charge on any atom is 0.337 e. The van der Waals surface area contributed by atoms with E-state index in [1.54, 1.807) is 72.8 Å². The molecule has 0 fully saturated rings. The zero-order chi connectivity index (χ0) is 39.1. The van der Waals surface area contributed by atoms with Gasteiger partial charge in [-0.2, -0.15) is 0 Å². The lowest BCUT2D eigenvalue weighted by Crippen LogP contribution is -2.22. The van der Waals surface area contributed by atoms with Gasteiger partial charge >= 0.3 is 17.9 Å². The molecule has 0 aliphatic carbocycles. The van der Waals surface area contributed by atoms with Crippen LogP contribution < -0.4 is 14.2 Å². The number of carbonyl (C=O) groups excluding carboxylic acids is 3. The van der Waals surface area contributed by atoms with Crippen LogP contribution in [0.5, 0.6) is 17.2 Å². The molecule has 0 unspecified atom stereocenters. The third-order valence-corrected chi connectivity index (χ3v) is 7.83. The lowest BCUT2D eigenvalue weighted by Gasteiger charge is -2.19. The lowest BCUT2D eigenvalue weighted by atomic mass is 10.1. The number of ether oxygens (including phenoxy) is 9. The largest absolute Gasteiger partial charge is 0.494 e. The summed E-state index contributed by atoms with van der Waals surface area (Å²) in [5.41, 5.74) is 2.82. The maximum absolute atomic E-state index is 11.7. The van der Waals surface area contributed by atoms with E-state index in [0.29, 0.717) is 106 Å². The summed E-state index contributed by atoms with van der Waals surface area (Å²) in [4.78, 5) is 35.1. The van der Waals surface area contributed by atoms with Gasteiger partial charge in [-0.1, -0.05) is 56.1 Å². The molecule has 0 N–H and O–H groups in total. The number of hydrogen-bond acceptors (Lipinski definition) is 12. The molecule has 0 aliphatic rings. The third-order valence-electron chi connectivity index (χ3n) is 7.83. The van der Waals surface area contributed by atoms with E-state index >= 15 is 0 Å². The summed E-state index contributed by atoms with van der Waals surface area (Å²) in [5, 5.41) is 0. The molecule has 0 bridgehead atoms. The van der Waals surface area contributed by atoms with Crippen LogP contribution in [-0.4, -0.2) is 91.8 Å². The molecule has 0 radical (unpaired) electrons. The Morgan fingerprint density at radius 2 is 0.778 bits per heavy atom. The molecule has 54 heavy (non-hydrogen) atoms. The van der Waals surface area contributed by atoms with E-state index in [1.165, 1.54) is 21.3 Å². The monoisotopic (exact) mass is 746 g/mol. The highest BCUT2D eigenvalue weighted by molar-refractivity contribution is 6.16. The van der Waals surface area contributed by atoms with Crippen LogP contribution in [-0.2, 0) is 42.8 Å². The van der Waals surface area contributed by atoms with Crippen molar-refractivity contribution in [3.63, 3.8) is 0 Å². The van der Waals surface area contributed by atoms with E-state index in [9.17, 15) is 14.4 Å². The van der Waals surface area contributed by atoms with Gasteiger partial charge in [-0.3, -0.25) is 0 Å². The summed E-state index contributed by atoms with van der Waals surface area (Å²) in [6.45, 7) is 14.3. The molecule has 0 atom stereocenters. The minimum Gasteiger partial charge on any atom is -0.494 e. The fraction of sp³-hybridized carbons (Fsp3) is 0.357. The van der Waals surface area contributed by atoms with Gasteiger partial charge in [0, 0.05) is 32.3 Å². The van der Waals surface area contributed by atoms with E-state index < -0.39 is 24.2 Å². The lowest BCUT2D eigenvalue weighted by molar-refractivity contribution is -0.155. The van der Waals surface area contributed by atoms with E-state index in [-0.39, 0.29) is 16.7 Å². The average molecular weight is 747 g/mol. The molecule has 12 heteroatoms. The molecule has 12 nitrogen and oxygen atoms in total. The summed E-state index contributed by atoms with van der Waals surface area (Å²) in [7, 11) is 3.95. The summed E-state index contributed by atoms with van der Waals surface area (Å²) in [6, 6.07) is 21.2. The van der Waals surface area contributed by atoms with E-state index in [0.717, 1.165) is 0 Å². The van der Waals surface area contributed by atoms with Crippen LogP contribution in [0.15, 0.2) is 92.5 Å². The molecule has 0 aliphatic heterocycles. The summed E-state index contributed by atoms with van der Waals surface area (Å²) in [6.07, 6.45) is 1.94. The first-order chi connectivity index (χ1) is 26.2. The molecule has 290 valence electrons. The quantitative estimate of drug-likeness (QED) is 0.0284. The topological polar surface area (TPSA) is 134 Å². The fourth-order valence-electron chi connectivity index (χ4n) is 4.76. The van der Waals surface area contributed by atoms with Crippen LogP contribution in [0.2, 0.25) is 0 Å². The van der Waals surface area contributed by atoms with Gasteiger partial charge in [0.2, 0.25) is 0 Å². The van der Waals surface area contributed by atoms with Crippen molar-refractivity contribution in [2.24, 2.45) is 0 Å². The van der Waals surface area contributed by atoms with Gasteiger partial charge in [0.15, 0.2) is 6.29 Å².